The molecule has 3 unspecified atom stereocenters. The molecule has 1 aromatic carbocycles. The summed E-state index contributed by atoms with van der Waals surface area (Å²) in [5.74, 6) is 0.225. The van der Waals surface area contributed by atoms with Crippen molar-refractivity contribution < 1.29 is 18.5 Å². The van der Waals surface area contributed by atoms with E-state index in [4.69, 9.17) is 21.3 Å². The van der Waals surface area contributed by atoms with Crippen molar-refractivity contribution in [2.24, 2.45) is 0 Å². The van der Waals surface area contributed by atoms with Gasteiger partial charge in [0.05, 0.1) is 23.3 Å². The van der Waals surface area contributed by atoms with E-state index in [-0.39, 0.29) is 17.2 Å². The number of benzene rings is 1. The fourth-order valence-electron chi connectivity index (χ4n) is 6.54. The van der Waals surface area contributed by atoms with Gasteiger partial charge in [0.25, 0.3) is 0 Å². The monoisotopic (exact) mass is 716 g/mol. The Labute approximate surface area is 279 Å². The van der Waals surface area contributed by atoms with E-state index in [1.165, 1.54) is 0 Å². The number of pyridine rings is 1. The molecule has 45 heavy (non-hydrogen) atoms. The second-order valence-corrected chi connectivity index (χ2v) is 16.1. The van der Waals surface area contributed by atoms with Crippen molar-refractivity contribution in [3.05, 3.63) is 81.1 Å². The van der Waals surface area contributed by atoms with Crippen molar-refractivity contribution in [1.82, 2.24) is 29.2 Å². The number of nitrogens with zero attached hydrogens (tertiary/aromatic N) is 6. The van der Waals surface area contributed by atoms with E-state index < -0.39 is 28.5 Å². The smallest absolute Gasteiger partial charge is 0.411 e. The lowest BCUT2D eigenvalue weighted by Gasteiger charge is -2.46. The van der Waals surface area contributed by atoms with Crippen LogP contribution in [0.15, 0.2) is 53.7 Å². The summed E-state index contributed by atoms with van der Waals surface area (Å²) in [4.78, 5) is 42.7. The normalized spacial score (nSPS) is 24.0. The number of aryl methyl sites for hydroxylation is 2. The highest BCUT2D eigenvalue weighted by Gasteiger charge is 2.44. The molecule has 2 aromatic heterocycles. The lowest BCUT2D eigenvalue weighted by atomic mass is 9.95. The van der Waals surface area contributed by atoms with Crippen LogP contribution in [0.3, 0.4) is 0 Å². The number of hydrogen-bond acceptors (Lipinski definition) is 7. The number of carbonyl (C=O) groups excluding carboxylic acids is 2. The molecule has 10 nitrogen and oxygen atoms in total. The van der Waals surface area contributed by atoms with Gasteiger partial charge < -0.3 is 14.2 Å². The van der Waals surface area contributed by atoms with Gasteiger partial charge in [-0.15, -0.1) is 0 Å². The number of hydrogen-bond donors (Lipinski definition) is 0. The summed E-state index contributed by atoms with van der Waals surface area (Å²) >= 11 is 10.0. The first-order chi connectivity index (χ1) is 21.5. The van der Waals surface area contributed by atoms with Crippen LogP contribution >= 0.6 is 27.5 Å². The van der Waals surface area contributed by atoms with Crippen molar-refractivity contribution in [3.8, 4) is 0 Å². The molecule has 0 saturated carbocycles. The summed E-state index contributed by atoms with van der Waals surface area (Å²) in [5.41, 5.74) is 3.64. The van der Waals surface area contributed by atoms with Crippen LogP contribution in [0.2, 0.25) is 5.02 Å². The molecular weight excluding hydrogens is 680 g/mol. The number of ether oxygens (including phenoxy) is 1. The van der Waals surface area contributed by atoms with Gasteiger partial charge in [-0.3, -0.25) is 23.8 Å². The number of imidazole rings is 1. The van der Waals surface area contributed by atoms with Crippen molar-refractivity contribution in [2.75, 3.05) is 38.5 Å². The highest BCUT2D eigenvalue weighted by Crippen LogP contribution is 2.39. The molecule has 4 heterocycles. The number of aromatic nitrogens is 3. The van der Waals surface area contributed by atoms with E-state index in [9.17, 15) is 13.8 Å². The van der Waals surface area contributed by atoms with E-state index in [1.807, 2.05) is 49.9 Å². The molecule has 0 radical (unpaired) electrons. The van der Waals surface area contributed by atoms with Crippen LogP contribution in [0.25, 0.3) is 0 Å². The molecule has 240 valence electrons. The fourth-order valence-corrected chi connectivity index (χ4v) is 8.53. The van der Waals surface area contributed by atoms with Crippen LogP contribution in [-0.4, -0.2) is 101 Å². The molecule has 2 fully saturated rings. The molecule has 0 spiro atoms. The van der Waals surface area contributed by atoms with E-state index in [2.05, 4.69) is 37.9 Å². The Hall–Kier alpha value is -2.80. The molecule has 3 aliphatic rings. The SMILES string of the molecule is CC(C)(C)OC(=O)N1CCN(C2c3ccc(Cl)cc3CCc3cc(Br)cnc32)C[C@@H]1C(=O)N1CCS(=O)C(Cn2ccnc2)C1. The molecule has 0 N–H and O–H groups in total. The Kier molecular flexibility index (Phi) is 9.38. The highest BCUT2D eigenvalue weighted by molar-refractivity contribution is 9.10. The molecule has 1 aliphatic carbocycles. The van der Waals surface area contributed by atoms with Gasteiger partial charge in [-0.05, 0) is 84.4 Å². The number of halogens is 2. The minimum absolute atomic E-state index is 0.160. The summed E-state index contributed by atoms with van der Waals surface area (Å²) in [6, 6.07) is 7.12. The Morgan fingerprint density at radius 3 is 2.67 bits per heavy atom. The Balaban J connectivity index is 1.33. The predicted octanol–water partition coefficient (Wildman–Crippen LogP) is 4.46. The number of carbonyl (C=O) groups is 2. The van der Waals surface area contributed by atoms with Crippen LogP contribution in [0.5, 0.6) is 0 Å². The first-order valence-corrected chi connectivity index (χ1v) is 17.8. The quantitative estimate of drug-likeness (QED) is 0.393. The molecule has 6 rings (SSSR count). The molecule has 0 bridgehead atoms. The average molecular weight is 718 g/mol. The summed E-state index contributed by atoms with van der Waals surface area (Å²) in [7, 11) is -1.08. The molecule has 2 saturated heterocycles. The minimum Gasteiger partial charge on any atom is -0.444 e. The van der Waals surface area contributed by atoms with Crippen molar-refractivity contribution >= 4 is 50.3 Å². The first-order valence-electron chi connectivity index (χ1n) is 15.2. The van der Waals surface area contributed by atoms with Crippen LogP contribution in [0, 0.1) is 0 Å². The summed E-state index contributed by atoms with van der Waals surface area (Å²) in [5, 5.41) is 0.447. The van der Waals surface area contributed by atoms with E-state index in [1.54, 1.807) is 22.3 Å². The fraction of sp³-hybridized carbons (Fsp3) is 0.500. The molecule has 3 aromatic rings. The Morgan fingerprint density at radius 2 is 1.91 bits per heavy atom. The minimum atomic E-state index is -1.08. The standard InChI is InChI=1S/C32H38BrClN6O4S/c1-32(2,3)44-31(42)40-11-10-38(19-27(40)30(41)39-12-13-45(43)25(18-39)17-37-9-8-35-20-37)29-26-7-6-24(34)15-21(26)4-5-22-14-23(33)16-36-28(22)29/h6-9,14-16,20,25,27,29H,4-5,10-13,17-19H2,1-3H3/t25?,27-,29?,45?/m1/s1. The summed E-state index contributed by atoms with van der Waals surface area (Å²) < 4.78 is 21.6. The lowest BCUT2D eigenvalue weighted by molar-refractivity contribution is -0.139. The number of piperazine rings is 1. The second kappa shape index (κ2) is 13.1. The van der Waals surface area contributed by atoms with Gasteiger partial charge in [0.2, 0.25) is 5.91 Å². The van der Waals surface area contributed by atoms with Crippen LogP contribution in [0.1, 0.15) is 49.2 Å². The van der Waals surface area contributed by atoms with E-state index in [0.717, 1.165) is 39.7 Å². The van der Waals surface area contributed by atoms with Gasteiger partial charge in [0, 0.05) is 83.9 Å². The molecule has 4 atom stereocenters. The largest absolute Gasteiger partial charge is 0.444 e. The molecule has 2 amide bonds. The van der Waals surface area contributed by atoms with Crippen LogP contribution in [-0.2, 0) is 39.7 Å². The van der Waals surface area contributed by atoms with Gasteiger partial charge in [0.15, 0.2) is 0 Å². The molecular formula is C32H38BrClN6O4S. The van der Waals surface area contributed by atoms with Crippen molar-refractivity contribution in [2.45, 2.75) is 63.1 Å². The lowest BCUT2D eigenvalue weighted by Crippen LogP contribution is -2.63. The van der Waals surface area contributed by atoms with Gasteiger partial charge >= 0.3 is 6.09 Å². The molecule has 13 heteroatoms. The van der Waals surface area contributed by atoms with Crippen LogP contribution in [0.4, 0.5) is 4.79 Å². The maximum Gasteiger partial charge on any atom is 0.411 e. The number of fused-ring (bicyclic) bond motifs is 2. The zero-order valence-corrected chi connectivity index (χ0v) is 28.9. The van der Waals surface area contributed by atoms with Gasteiger partial charge in [-0.2, -0.15) is 0 Å². The first kappa shape index (κ1) is 32.2. The predicted molar refractivity (Wildman–Crippen MR) is 177 cm³/mol. The topological polar surface area (TPSA) is 101 Å². The number of amides is 2. The maximum absolute atomic E-state index is 14.5. The summed E-state index contributed by atoms with van der Waals surface area (Å²) in [6.07, 6.45) is 8.17. The summed E-state index contributed by atoms with van der Waals surface area (Å²) in [6.45, 7) is 7.83. The third-order valence-corrected chi connectivity index (χ3v) is 10.9. The van der Waals surface area contributed by atoms with Gasteiger partial charge in [-0.25, -0.2) is 9.78 Å². The van der Waals surface area contributed by atoms with E-state index >= 15 is 0 Å². The van der Waals surface area contributed by atoms with Gasteiger partial charge in [-0.1, -0.05) is 17.7 Å². The maximum atomic E-state index is 14.5. The third-order valence-electron chi connectivity index (χ3n) is 8.62. The third kappa shape index (κ3) is 7.13. The molecule has 2 aliphatic heterocycles. The van der Waals surface area contributed by atoms with Crippen molar-refractivity contribution in [1.29, 1.82) is 0 Å². The van der Waals surface area contributed by atoms with E-state index in [0.29, 0.717) is 50.0 Å². The average Bonchev–Trinajstić information content (AvgIpc) is 3.45. The second-order valence-electron chi connectivity index (χ2n) is 12.9. The zero-order valence-electron chi connectivity index (χ0n) is 25.7. The highest BCUT2D eigenvalue weighted by atomic mass is 79.9. The zero-order chi connectivity index (χ0) is 31.9. The number of rotatable bonds is 4. The Bertz CT molecular complexity index is 1550. The van der Waals surface area contributed by atoms with Crippen molar-refractivity contribution in [3.63, 3.8) is 0 Å². The Morgan fingerprint density at radius 1 is 1.11 bits per heavy atom. The van der Waals surface area contributed by atoms with Crippen LogP contribution < -0.4 is 0 Å². The van der Waals surface area contributed by atoms with Gasteiger partial charge in [0.1, 0.15) is 11.6 Å².